The summed E-state index contributed by atoms with van der Waals surface area (Å²) in [6.07, 6.45) is 3.75. The Hall–Kier alpha value is -2.28. The highest BCUT2D eigenvalue weighted by molar-refractivity contribution is 6.30. The molecule has 0 aliphatic heterocycles. The zero-order valence-corrected chi connectivity index (χ0v) is 19.3. The molecule has 1 fully saturated rings. The Kier molecular flexibility index (Phi) is 9.21. The van der Waals surface area contributed by atoms with Crippen LogP contribution in [-0.2, 0) is 4.79 Å². The Bertz CT molecular complexity index is 836. The lowest BCUT2D eigenvalue weighted by atomic mass is 9.88. The van der Waals surface area contributed by atoms with Gasteiger partial charge in [-0.1, -0.05) is 30.7 Å². The Balaban J connectivity index is 1.45. The zero-order valence-electron chi connectivity index (χ0n) is 18.5. The number of nitrogens with two attached hydrogens (primary N) is 1. The minimum atomic E-state index is -0.109. The number of rotatable bonds is 10. The molecule has 0 aromatic heterocycles. The molecule has 0 heterocycles. The van der Waals surface area contributed by atoms with E-state index in [0.29, 0.717) is 17.4 Å². The maximum Gasteiger partial charge on any atom is 0.258 e. The van der Waals surface area contributed by atoms with Crippen molar-refractivity contribution in [2.75, 3.05) is 19.8 Å². The molecule has 1 aliphatic carbocycles. The first-order valence-corrected chi connectivity index (χ1v) is 11.6. The van der Waals surface area contributed by atoms with E-state index < -0.39 is 0 Å². The van der Waals surface area contributed by atoms with Gasteiger partial charge >= 0.3 is 0 Å². The van der Waals surface area contributed by atoms with E-state index in [1.807, 2.05) is 36.4 Å². The highest BCUT2D eigenvalue weighted by Gasteiger charge is 2.21. The number of aliphatic hydroxyl groups is 1. The summed E-state index contributed by atoms with van der Waals surface area (Å²) >= 11 is 5.90. The number of ether oxygens (including phenoxy) is 2. The average Bonchev–Trinajstić information content (AvgIpc) is 2.81. The van der Waals surface area contributed by atoms with Crippen LogP contribution in [0.15, 0.2) is 48.5 Å². The number of benzene rings is 2. The summed E-state index contributed by atoms with van der Waals surface area (Å²) in [6.45, 7) is 2.46. The van der Waals surface area contributed by atoms with E-state index in [1.54, 1.807) is 12.1 Å². The first-order valence-electron chi connectivity index (χ1n) is 11.2. The van der Waals surface area contributed by atoms with Gasteiger partial charge in [0.15, 0.2) is 6.61 Å². The van der Waals surface area contributed by atoms with Crippen molar-refractivity contribution in [3.63, 3.8) is 0 Å². The lowest BCUT2D eigenvalue weighted by Gasteiger charge is -2.26. The van der Waals surface area contributed by atoms with Gasteiger partial charge in [0.25, 0.3) is 5.91 Å². The molecule has 2 aromatic carbocycles. The number of hydrogen-bond donors (Lipinski definition) is 3. The lowest BCUT2D eigenvalue weighted by molar-refractivity contribution is -0.124. The van der Waals surface area contributed by atoms with Gasteiger partial charge in [-0.05, 0) is 73.6 Å². The molecule has 7 heteroatoms. The largest absolute Gasteiger partial charge is 0.493 e. The fourth-order valence-corrected chi connectivity index (χ4v) is 4.04. The van der Waals surface area contributed by atoms with Crippen LogP contribution in [0.3, 0.4) is 0 Å². The smallest absolute Gasteiger partial charge is 0.258 e. The monoisotopic (exact) mass is 460 g/mol. The molecule has 2 atom stereocenters. The van der Waals surface area contributed by atoms with Gasteiger partial charge in [-0.25, -0.2) is 0 Å². The minimum absolute atomic E-state index is 0.00828. The van der Waals surface area contributed by atoms with Crippen LogP contribution >= 0.6 is 11.6 Å². The van der Waals surface area contributed by atoms with Crippen molar-refractivity contribution in [1.82, 2.24) is 5.32 Å². The SMILES string of the molecule is CC(c1ccc(OCC(=O)N[C@H]2CC[C@H](N)CC2)cc1)C(CO)COc1ccc(Cl)cc1. The average molecular weight is 461 g/mol. The Morgan fingerprint density at radius 1 is 1.06 bits per heavy atom. The first kappa shape index (κ1) is 24.4. The molecule has 0 bridgehead atoms. The van der Waals surface area contributed by atoms with Crippen molar-refractivity contribution in [2.24, 2.45) is 11.7 Å². The first-order chi connectivity index (χ1) is 15.4. The molecule has 6 nitrogen and oxygen atoms in total. The van der Waals surface area contributed by atoms with E-state index in [-0.39, 0.29) is 43.0 Å². The van der Waals surface area contributed by atoms with E-state index in [1.165, 1.54) is 0 Å². The third kappa shape index (κ3) is 7.40. The Morgan fingerprint density at radius 2 is 1.66 bits per heavy atom. The fraction of sp³-hybridized carbons (Fsp3) is 0.480. The molecular formula is C25H33ClN2O4. The van der Waals surface area contributed by atoms with Gasteiger partial charge < -0.3 is 25.6 Å². The summed E-state index contributed by atoms with van der Waals surface area (Å²) in [4.78, 5) is 12.2. The third-order valence-corrected chi connectivity index (χ3v) is 6.38. The summed E-state index contributed by atoms with van der Waals surface area (Å²) in [5, 5.41) is 13.5. The predicted molar refractivity (Wildman–Crippen MR) is 126 cm³/mol. The van der Waals surface area contributed by atoms with E-state index in [0.717, 1.165) is 37.0 Å². The minimum Gasteiger partial charge on any atom is -0.493 e. The second kappa shape index (κ2) is 12.1. The quantitative estimate of drug-likeness (QED) is 0.500. The van der Waals surface area contributed by atoms with Crippen molar-refractivity contribution in [1.29, 1.82) is 0 Å². The van der Waals surface area contributed by atoms with Crippen LogP contribution in [0.2, 0.25) is 5.02 Å². The van der Waals surface area contributed by atoms with Gasteiger partial charge in [-0.3, -0.25) is 4.79 Å². The van der Waals surface area contributed by atoms with E-state index in [2.05, 4.69) is 12.2 Å². The summed E-state index contributed by atoms with van der Waals surface area (Å²) in [5.74, 6) is 1.27. The van der Waals surface area contributed by atoms with Crippen molar-refractivity contribution in [3.05, 3.63) is 59.1 Å². The maximum absolute atomic E-state index is 12.2. The van der Waals surface area contributed by atoms with E-state index in [4.69, 9.17) is 26.8 Å². The van der Waals surface area contributed by atoms with Crippen LogP contribution in [-0.4, -0.2) is 42.9 Å². The zero-order chi connectivity index (χ0) is 22.9. The van der Waals surface area contributed by atoms with Gasteiger partial charge in [-0.2, -0.15) is 0 Å². The number of hydrogen-bond acceptors (Lipinski definition) is 5. The lowest BCUT2D eigenvalue weighted by Crippen LogP contribution is -2.42. The van der Waals surface area contributed by atoms with Crippen molar-refractivity contribution < 1.29 is 19.4 Å². The maximum atomic E-state index is 12.2. The van der Waals surface area contributed by atoms with Gasteiger partial charge in [-0.15, -0.1) is 0 Å². The number of nitrogens with one attached hydrogen (secondary N) is 1. The van der Waals surface area contributed by atoms with Crippen molar-refractivity contribution in [3.8, 4) is 11.5 Å². The molecule has 1 amide bonds. The van der Waals surface area contributed by atoms with Crippen LogP contribution < -0.4 is 20.5 Å². The second-order valence-electron chi connectivity index (χ2n) is 8.53. The topological polar surface area (TPSA) is 93.8 Å². The standard InChI is InChI=1S/C25H33ClN2O4/c1-17(19(14-29)15-31-24-12-4-20(26)5-13-24)18-2-10-23(11-3-18)32-16-25(30)28-22-8-6-21(27)7-9-22/h2-5,10-13,17,19,21-22,29H,6-9,14-16,27H2,1H3,(H,28,30)/t17?,19?,21-,22-. The van der Waals surface area contributed by atoms with Crippen LogP contribution in [0.4, 0.5) is 0 Å². The molecule has 1 saturated carbocycles. The number of amides is 1. The highest BCUT2D eigenvalue weighted by Crippen LogP contribution is 2.27. The molecule has 1 aliphatic rings. The number of carbonyl (C=O) groups excluding carboxylic acids is 1. The van der Waals surface area contributed by atoms with Crippen LogP contribution in [0, 0.1) is 5.92 Å². The van der Waals surface area contributed by atoms with E-state index >= 15 is 0 Å². The number of carbonyl (C=O) groups is 1. The van der Waals surface area contributed by atoms with Crippen LogP contribution in [0.1, 0.15) is 44.1 Å². The third-order valence-electron chi connectivity index (χ3n) is 6.13. The fourth-order valence-electron chi connectivity index (χ4n) is 3.91. The molecule has 174 valence electrons. The molecular weight excluding hydrogens is 428 g/mol. The summed E-state index contributed by atoms with van der Waals surface area (Å²) in [6, 6.07) is 15.3. The second-order valence-corrected chi connectivity index (χ2v) is 8.97. The molecule has 0 saturated heterocycles. The summed E-state index contributed by atoms with van der Waals surface area (Å²) < 4.78 is 11.5. The number of halogens is 1. The Morgan fingerprint density at radius 3 is 2.28 bits per heavy atom. The van der Waals surface area contributed by atoms with Gasteiger partial charge in [0.1, 0.15) is 11.5 Å². The summed E-state index contributed by atoms with van der Waals surface area (Å²) in [7, 11) is 0. The highest BCUT2D eigenvalue weighted by atomic mass is 35.5. The molecule has 0 radical (unpaired) electrons. The molecule has 32 heavy (non-hydrogen) atoms. The molecule has 3 rings (SSSR count). The van der Waals surface area contributed by atoms with Crippen molar-refractivity contribution in [2.45, 2.75) is 50.6 Å². The van der Waals surface area contributed by atoms with Crippen LogP contribution in [0.25, 0.3) is 0 Å². The van der Waals surface area contributed by atoms with Crippen molar-refractivity contribution >= 4 is 17.5 Å². The molecule has 2 unspecified atom stereocenters. The molecule has 2 aromatic rings. The van der Waals surface area contributed by atoms with Crippen LogP contribution in [0.5, 0.6) is 11.5 Å². The number of aliphatic hydroxyl groups excluding tert-OH is 1. The summed E-state index contributed by atoms with van der Waals surface area (Å²) in [5.41, 5.74) is 6.98. The Labute approximate surface area is 195 Å². The van der Waals surface area contributed by atoms with Gasteiger partial charge in [0.2, 0.25) is 0 Å². The van der Waals surface area contributed by atoms with Gasteiger partial charge in [0.05, 0.1) is 6.61 Å². The molecule has 4 N–H and O–H groups in total. The van der Waals surface area contributed by atoms with Gasteiger partial charge in [0, 0.05) is 29.6 Å². The normalized spacial score (nSPS) is 20.2. The predicted octanol–water partition coefficient (Wildman–Crippen LogP) is 3.90. The molecule has 0 spiro atoms. The van der Waals surface area contributed by atoms with E-state index in [9.17, 15) is 9.90 Å².